The Bertz CT molecular complexity index is 1280. The molecule has 0 aliphatic carbocycles. The molecule has 0 radical (unpaired) electrons. The van der Waals surface area contributed by atoms with E-state index >= 15 is 0 Å². The number of nitrogens with one attached hydrogen (secondary N) is 1. The van der Waals surface area contributed by atoms with Crippen molar-refractivity contribution in [3.8, 4) is 28.4 Å². The Morgan fingerprint density at radius 2 is 1.69 bits per heavy atom. The molecule has 7 heteroatoms. The number of ether oxygens (including phenoxy) is 3. The van der Waals surface area contributed by atoms with Crippen LogP contribution in [0.4, 0.5) is 0 Å². The summed E-state index contributed by atoms with van der Waals surface area (Å²) in [6, 6.07) is 20.2. The van der Waals surface area contributed by atoms with Crippen molar-refractivity contribution in [1.29, 1.82) is 0 Å². The molecule has 1 atom stereocenters. The maximum Gasteiger partial charge on any atom is 0.261 e. The SMILES string of the molecule is CC(C)(C)NC(=O)C1c2ccccc2OCC(=O)N1Cc1ccccc1-c1ccc2c(c1)OCO2. The Morgan fingerprint density at radius 3 is 2.51 bits per heavy atom. The molecule has 7 nitrogen and oxygen atoms in total. The lowest BCUT2D eigenvalue weighted by atomic mass is 9.96. The number of carbonyl (C=O) groups is 2. The number of benzene rings is 3. The molecular formula is C28H28N2O5. The van der Waals surface area contributed by atoms with Crippen LogP contribution in [0.3, 0.4) is 0 Å². The minimum absolute atomic E-state index is 0.136. The van der Waals surface area contributed by atoms with Crippen molar-refractivity contribution >= 4 is 11.8 Å². The number of para-hydroxylation sites is 1. The van der Waals surface area contributed by atoms with Crippen LogP contribution in [-0.2, 0) is 16.1 Å². The van der Waals surface area contributed by atoms with E-state index in [0.29, 0.717) is 22.8 Å². The molecule has 0 spiro atoms. The van der Waals surface area contributed by atoms with E-state index in [0.717, 1.165) is 16.7 Å². The van der Waals surface area contributed by atoms with Crippen LogP contribution in [0.1, 0.15) is 37.9 Å². The molecule has 2 amide bonds. The highest BCUT2D eigenvalue weighted by Gasteiger charge is 2.37. The average molecular weight is 473 g/mol. The Morgan fingerprint density at radius 1 is 0.943 bits per heavy atom. The van der Waals surface area contributed by atoms with Gasteiger partial charge in [0.15, 0.2) is 18.1 Å². The first-order valence-electron chi connectivity index (χ1n) is 11.6. The van der Waals surface area contributed by atoms with Crippen LogP contribution in [-0.4, -0.2) is 35.7 Å². The molecular weight excluding hydrogens is 444 g/mol. The lowest BCUT2D eigenvalue weighted by molar-refractivity contribution is -0.142. The molecule has 1 N–H and O–H groups in total. The Kier molecular flexibility index (Phi) is 5.84. The highest BCUT2D eigenvalue weighted by atomic mass is 16.7. The monoisotopic (exact) mass is 472 g/mol. The molecule has 2 aliphatic heterocycles. The average Bonchev–Trinajstić information content (AvgIpc) is 3.24. The summed E-state index contributed by atoms with van der Waals surface area (Å²) in [4.78, 5) is 28.5. The largest absolute Gasteiger partial charge is 0.483 e. The zero-order chi connectivity index (χ0) is 24.6. The van der Waals surface area contributed by atoms with Gasteiger partial charge in [-0.2, -0.15) is 0 Å². The zero-order valence-electron chi connectivity index (χ0n) is 20.0. The summed E-state index contributed by atoms with van der Waals surface area (Å²) in [5.41, 5.74) is 3.01. The lowest BCUT2D eigenvalue weighted by Gasteiger charge is -2.32. The van der Waals surface area contributed by atoms with E-state index in [9.17, 15) is 9.59 Å². The summed E-state index contributed by atoms with van der Waals surface area (Å²) in [7, 11) is 0. The Balaban J connectivity index is 1.55. The fourth-order valence-electron chi connectivity index (χ4n) is 4.46. The Labute approximate surface area is 204 Å². The van der Waals surface area contributed by atoms with Crippen LogP contribution < -0.4 is 19.5 Å². The third-order valence-corrected chi connectivity index (χ3v) is 5.98. The molecule has 0 saturated carbocycles. The van der Waals surface area contributed by atoms with Gasteiger partial charge in [0.1, 0.15) is 11.8 Å². The van der Waals surface area contributed by atoms with Crippen molar-refractivity contribution < 1.29 is 23.8 Å². The van der Waals surface area contributed by atoms with Gasteiger partial charge in [-0.1, -0.05) is 48.5 Å². The zero-order valence-corrected chi connectivity index (χ0v) is 20.0. The molecule has 0 fully saturated rings. The summed E-state index contributed by atoms with van der Waals surface area (Å²) >= 11 is 0. The third kappa shape index (κ3) is 4.67. The minimum atomic E-state index is -0.828. The first-order valence-corrected chi connectivity index (χ1v) is 11.6. The van der Waals surface area contributed by atoms with Crippen molar-refractivity contribution in [2.45, 2.75) is 38.9 Å². The highest BCUT2D eigenvalue weighted by molar-refractivity contribution is 5.91. The van der Waals surface area contributed by atoms with E-state index in [-0.39, 0.29) is 31.8 Å². The van der Waals surface area contributed by atoms with Gasteiger partial charge in [0.05, 0.1) is 0 Å². The highest BCUT2D eigenvalue weighted by Crippen LogP contribution is 2.38. The molecule has 2 heterocycles. The van der Waals surface area contributed by atoms with Crippen LogP contribution in [0.15, 0.2) is 66.7 Å². The Hall–Kier alpha value is -4.00. The van der Waals surface area contributed by atoms with Gasteiger partial charge in [-0.3, -0.25) is 9.59 Å². The van der Waals surface area contributed by atoms with Crippen LogP contribution in [0, 0.1) is 0 Å². The van der Waals surface area contributed by atoms with Gasteiger partial charge in [0.25, 0.3) is 5.91 Å². The van der Waals surface area contributed by atoms with E-state index in [1.54, 1.807) is 11.0 Å². The molecule has 0 bridgehead atoms. The molecule has 3 aromatic rings. The van der Waals surface area contributed by atoms with E-state index in [4.69, 9.17) is 14.2 Å². The van der Waals surface area contributed by atoms with Crippen LogP contribution in [0.5, 0.6) is 17.2 Å². The lowest BCUT2D eigenvalue weighted by Crippen LogP contribution is -2.49. The van der Waals surface area contributed by atoms with Gasteiger partial charge in [-0.15, -0.1) is 0 Å². The topological polar surface area (TPSA) is 77.1 Å². The van der Waals surface area contributed by atoms with Crippen LogP contribution in [0.2, 0.25) is 0 Å². The molecule has 0 aromatic heterocycles. The predicted molar refractivity (Wildman–Crippen MR) is 131 cm³/mol. The number of fused-ring (bicyclic) bond motifs is 2. The van der Waals surface area contributed by atoms with E-state index < -0.39 is 11.6 Å². The van der Waals surface area contributed by atoms with Crippen LogP contribution >= 0.6 is 0 Å². The number of carbonyl (C=O) groups excluding carboxylic acids is 2. The summed E-state index contributed by atoms with van der Waals surface area (Å²) in [5.74, 6) is 1.44. The van der Waals surface area contributed by atoms with Crippen molar-refractivity contribution in [2.75, 3.05) is 13.4 Å². The van der Waals surface area contributed by atoms with Gasteiger partial charge in [-0.25, -0.2) is 0 Å². The molecule has 180 valence electrons. The van der Waals surface area contributed by atoms with E-state index in [1.807, 2.05) is 81.4 Å². The van der Waals surface area contributed by atoms with Crippen molar-refractivity contribution in [3.63, 3.8) is 0 Å². The minimum Gasteiger partial charge on any atom is -0.483 e. The summed E-state index contributed by atoms with van der Waals surface area (Å²) < 4.78 is 16.8. The number of hydrogen-bond donors (Lipinski definition) is 1. The maximum absolute atomic E-state index is 13.6. The van der Waals surface area contributed by atoms with Gasteiger partial charge < -0.3 is 24.4 Å². The first kappa shape index (κ1) is 22.8. The van der Waals surface area contributed by atoms with Crippen molar-refractivity contribution in [3.05, 3.63) is 77.9 Å². The van der Waals surface area contributed by atoms with Crippen molar-refractivity contribution in [2.24, 2.45) is 0 Å². The second-order valence-electron chi connectivity index (χ2n) is 9.72. The number of hydrogen-bond acceptors (Lipinski definition) is 5. The molecule has 0 saturated heterocycles. The van der Waals surface area contributed by atoms with E-state index in [1.165, 1.54) is 0 Å². The quantitative estimate of drug-likeness (QED) is 0.607. The molecule has 3 aromatic carbocycles. The second-order valence-corrected chi connectivity index (χ2v) is 9.72. The van der Waals surface area contributed by atoms with Crippen molar-refractivity contribution in [1.82, 2.24) is 10.2 Å². The maximum atomic E-state index is 13.6. The van der Waals surface area contributed by atoms with Gasteiger partial charge in [-0.05, 0) is 55.7 Å². The normalized spacial score (nSPS) is 16.8. The second kappa shape index (κ2) is 8.98. The molecule has 1 unspecified atom stereocenters. The molecule has 35 heavy (non-hydrogen) atoms. The summed E-state index contributed by atoms with van der Waals surface area (Å²) in [5, 5.41) is 3.05. The summed E-state index contributed by atoms with van der Waals surface area (Å²) in [6.07, 6.45) is 0. The van der Waals surface area contributed by atoms with Crippen LogP contribution in [0.25, 0.3) is 11.1 Å². The van der Waals surface area contributed by atoms with Gasteiger partial charge >= 0.3 is 0 Å². The first-order chi connectivity index (χ1) is 16.8. The fraction of sp³-hybridized carbons (Fsp3) is 0.286. The number of rotatable bonds is 4. The summed E-state index contributed by atoms with van der Waals surface area (Å²) in [6.45, 7) is 6.07. The standard InChI is InChI=1S/C28H28N2O5/c1-28(2,3)29-27(32)26-21-10-6-7-11-22(21)33-16-25(31)30(26)15-19-8-4-5-9-20(19)18-12-13-23-24(14-18)35-17-34-23/h4-14,26H,15-17H2,1-3H3,(H,29,32). The number of nitrogens with zero attached hydrogens (tertiary/aromatic N) is 1. The third-order valence-electron chi connectivity index (χ3n) is 5.98. The molecule has 5 rings (SSSR count). The smallest absolute Gasteiger partial charge is 0.261 e. The van der Waals surface area contributed by atoms with Gasteiger partial charge in [0.2, 0.25) is 12.7 Å². The predicted octanol–water partition coefficient (Wildman–Crippen LogP) is 4.46. The van der Waals surface area contributed by atoms with E-state index in [2.05, 4.69) is 5.32 Å². The molecule has 2 aliphatic rings. The number of amides is 2. The fourth-order valence-corrected chi connectivity index (χ4v) is 4.46. The van der Waals surface area contributed by atoms with Gasteiger partial charge in [0, 0.05) is 17.6 Å².